The molecule has 0 saturated carbocycles. The van der Waals surface area contributed by atoms with Crippen molar-refractivity contribution in [2.45, 2.75) is 13.1 Å². The van der Waals surface area contributed by atoms with Gasteiger partial charge in [0.05, 0.1) is 22.8 Å². The summed E-state index contributed by atoms with van der Waals surface area (Å²) in [5.74, 6) is 0.723. The fraction of sp³-hybridized carbons (Fsp3) is 0.0588. The molecule has 5 heteroatoms. The van der Waals surface area contributed by atoms with Crippen molar-refractivity contribution in [1.29, 1.82) is 0 Å². The molecule has 0 saturated heterocycles. The number of benzene rings is 4. The molecule has 186 valence electrons. The Morgan fingerprint density at radius 2 is 1.03 bits per heavy atom. The molecular weight excluding hydrogens is 492 g/mol. The summed E-state index contributed by atoms with van der Waals surface area (Å²) in [6, 6.07) is 37.8. The van der Waals surface area contributed by atoms with Crippen LogP contribution in [0.1, 0.15) is 0 Å². The smallest absolute Gasteiger partial charge is 0.160 e. The Labute approximate surface area is 229 Å². The third kappa shape index (κ3) is 3.90. The summed E-state index contributed by atoms with van der Waals surface area (Å²) < 4.78 is 0. The van der Waals surface area contributed by atoms with Crippen molar-refractivity contribution in [2.75, 3.05) is 0 Å². The van der Waals surface area contributed by atoms with E-state index in [-0.39, 0.29) is 0 Å². The van der Waals surface area contributed by atoms with Gasteiger partial charge in [0.2, 0.25) is 0 Å². The van der Waals surface area contributed by atoms with Crippen LogP contribution >= 0.6 is 0 Å². The van der Waals surface area contributed by atoms with Crippen molar-refractivity contribution in [2.24, 2.45) is 0 Å². The van der Waals surface area contributed by atoms with Crippen LogP contribution < -0.4 is 10.4 Å². The summed E-state index contributed by atoms with van der Waals surface area (Å²) in [6.07, 6.45) is 3.49. The average molecular weight is 519 g/mol. The number of rotatable bonds is 4. The van der Waals surface area contributed by atoms with Gasteiger partial charge >= 0.3 is 0 Å². The van der Waals surface area contributed by atoms with Crippen molar-refractivity contribution in [3.05, 3.63) is 122 Å². The lowest BCUT2D eigenvalue weighted by atomic mass is 10.0. The van der Waals surface area contributed by atoms with E-state index in [1.54, 1.807) is 12.4 Å². The minimum absolute atomic E-state index is 0.723. The minimum Gasteiger partial charge on any atom is -0.252 e. The van der Waals surface area contributed by atoms with Crippen LogP contribution in [0.4, 0.5) is 0 Å². The van der Waals surface area contributed by atoms with Gasteiger partial charge in [0.1, 0.15) is 8.07 Å². The molecule has 2 aromatic heterocycles. The molecule has 3 heterocycles. The summed E-state index contributed by atoms with van der Waals surface area (Å²) in [5, 5.41) is 2.74. The maximum Gasteiger partial charge on any atom is 0.160 e. The molecule has 0 bridgehead atoms. The standard InChI is InChI=1S/C34H26N4Si/c1-39(2)28-19-10-9-18-27(28)32-33(39)31(24-14-7-4-8-15-24)37-34(38-32)26-17-11-16-25(22-26)30-29(35-20-21-36-30)23-12-5-3-6-13-23/h3-22H,1-2H3. The summed E-state index contributed by atoms with van der Waals surface area (Å²) in [4.78, 5) is 19.9. The van der Waals surface area contributed by atoms with E-state index >= 15 is 0 Å². The van der Waals surface area contributed by atoms with Gasteiger partial charge in [-0.3, -0.25) is 9.97 Å². The molecule has 1 aliphatic rings. The molecule has 7 rings (SSSR count). The first-order valence-electron chi connectivity index (χ1n) is 13.2. The number of hydrogen-bond donors (Lipinski definition) is 0. The van der Waals surface area contributed by atoms with Gasteiger partial charge in [-0.1, -0.05) is 116 Å². The highest BCUT2D eigenvalue weighted by Crippen LogP contribution is 2.35. The van der Waals surface area contributed by atoms with E-state index in [0.29, 0.717) is 0 Å². The van der Waals surface area contributed by atoms with Crippen molar-refractivity contribution < 1.29 is 0 Å². The van der Waals surface area contributed by atoms with Crippen molar-refractivity contribution in [3.63, 3.8) is 0 Å². The topological polar surface area (TPSA) is 51.6 Å². The lowest BCUT2D eigenvalue weighted by Crippen LogP contribution is -2.50. The molecule has 4 aromatic carbocycles. The molecule has 4 nitrogen and oxygen atoms in total. The minimum atomic E-state index is -1.98. The van der Waals surface area contributed by atoms with Crippen LogP contribution in [0.2, 0.25) is 13.1 Å². The lowest BCUT2D eigenvalue weighted by molar-refractivity contribution is 1.19. The maximum atomic E-state index is 5.27. The highest BCUT2D eigenvalue weighted by atomic mass is 28.3. The molecule has 6 aromatic rings. The predicted molar refractivity (Wildman–Crippen MR) is 162 cm³/mol. The summed E-state index contributed by atoms with van der Waals surface area (Å²) in [5.41, 5.74) is 9.16. The normalized spacial score (nSPS) is 13.1. The van der Waals surface area contributed by atoms with Gasteiger partial charge in [0, 0.05) is 34.6 Å². The zero-order chi connectivity index (χ0) is 26.4. The Hall–Kier alpha value is -4.74. The highest BCUT2D eigenvalue weighted by molar-refractivity contribution is 7.04. The Kier molecular flexibility index (Phi) is 5.53. The summed E-state index contributed by atoms with van der Waals surface area (Å²) in [7, 11) is -1.98. The van der Waals surface area contributed by atoms with Crippen LogP contribution in [-0.2, 0) is 0 Å². The molecule has 1 aliphatic heterocycles. The Balaban J connectivity index is 1.44. The molecule has 0 radical (unpaired) electrons. The van der Waals surface area contributed by atoms with Gasteiger partial charge in [-0.05, 0) is 22.0 Å². The van der Waals surface area contributed by atoms with E-state index < -0.39 is 8.07 Å². The summed E-state index contributed by atoms with van der Waals surface area (Å²) >= 11 is 0. The van der Waals surface area contributed by atoms with Crippen LogP contribution in [-0.4, -0.2) is 28.0 Å². The van der Waals surface area contributed by atoms with Crippen LogP contribution in [0.25, 0.3) is 56.4 Å². The van der Waals surface area contributed by atoms with Crippen LogP contribution in [0.3, 0.4) is 0 Å². The maximum absolute atomic E-state index is 5.27. The predicted octanol–water partition coefficient (Wildman–Crippen LogP) is 6.74. The van der Waals surface area contributed by atoms with E-state index in [2.05, 4.69) is 109 Å². The van der Waals surface area contributed by atoms with Crippen LogP contribution in [0.15, 0.2) is 122 Å². The first kappa shape index (κ1) is 23.4. The second-order valence-electron chi connectivity index (χ2n) is 10.4. The second kappa shape index (κ2) is 9.22. The second-order valence-corrected chi connectivity index (χ2v) is 14.6. The lowest BCUT2D eigenvalue weighted by Gasteiger charge is -2.21. The van der Waals surface area contributed by atoms with Gasteiger partial charge in [0.15, 0.2) is 5.82 Å². The fourth-order valence-corrected chi connectivity index (χ4v) is 8.95. The quantitative estimate of drug-likeness (QED) is 0.243. The Morgan fingerprint density at radius 1 is 0.487 bits per heavy atom. The number of fused-ring (bicyclic) bond motifs is 3. The molecule has 0 atom stereocenters. The molecule has 0 amide bonds. The van der Waals surface area contributed by atoms with Gasteiger partial charge in [-0.2, -0.15) is 0 Å². The highest BCUT2D eigenvalue weighted by Gasteiger charge is 2.41. The monoisotopic (exact) mass is 518 g/mol. The van der Waals surface area contributed by atoms with Crippen molar-refractivity contribution >= 4 is 18.4 Å². The third-order valence-electron chi connectivity index (χ3n) is 7.58. The molecule has 0 unspecified atom stereocenters. The number of nitrogens with zero attached hydrogens (tertiary/aromatic N) is 4. The zero-order valence-electron chi connectivity index (χ0n) is 21.8. The summed E-state index contributed by atoms with van der Waals surface area (Å²) in [6.45, 7) is 4.82. The van der Waals surface area contributed by atoms with Crippen molar-refractivity contribution in [3.8, 4) is 56.4 Å². The van der Waals surface area contributed by atoms with E-state index in [1.165, 1.54) is 15.9 Å². The third-order valence-corrected chi connectivity index (χ3v) is 11.1. The average Bonchev–Trinajstić information content (AvgIpc) is 3.24. The van der Waals surface area contributed by atoms with E-state index in [4.69, 9.17) is 15.0 Å². The van der Waals surface area contributed by atoms with Crippen LogP contribution in [0.5, 0.6) is 0 Å². The Bertz CT molecular complexity index is 1830. The first-order chi connectivity index (χ1) is 19.1. The van der Waals surface area contributed by atoms with Gasteiger partial charge < -0.3 is 0 Å². The first-order valence-corrected chi connectivity index (χ1v) is 16.2. The molecule has 0 spiro atoms. The van der Waals surface area contributed by atoms with E-state index in [1.807, 2.05) is 18.2 Å². The molecular formula is C34H26N4Si. The largest absolute Gasteiger partial charge is 0.252 e. The SMILES string of the molecule is C[Si]1(C)c2ccccc2-c2nc(-c3cccc(-c4nccnc4-c4ccccc4)c3)nc(-c3ccccc3)c21. The fourth-order valence-electron chi connectivity index (χ4n) is 5.71. The Morgan fingerprint density at radius 3 is 1.74 bits per heavy atom. The zero-order valence-corrected chi connectivity index (χ0v) is 22.8. The van der Waals surface area contributed by atoms with E-state index in [0.717, 1.165) is 50.9 Å². The molecule has 0 fully saturated rings. The van der Waals surface area contributed by atoms with E-state index in [9.17, 15) is 0 Å². The number of hydrogen-bond acceptors (Lipinski definition) is 4. The van der Waals surface area contributed by atoms with Gasteiger partial charge in [-0.25, -0.2) is 9.97 Å². The van der Waals surface area contributed by atoms with Crippen molar-refractivity contribution in [1.82, 2.24) is 19.9 Å². The molecule has 39 heavy (non-hydrogen) atoms. The number of aromatic nitrogens is 4. The molecule has 0 N–H and O–H groups in total. The van der Waals surface area contributed by atoms with Gasteiger partial charge in [0.25, 0.3) is 0 Å². The van der Waals surface area contributed by atoms with Crippen LogP contribution in [0, 0.1) is 0 Å². The van der Waals surface area contributed by atoms with Gasteiger partial charge in [-0.15, -0.1) is 0 Å². The molecule has 0 aliphatic carbocycles.